The second-order valence-electron chi connectivity index (χ2n) is 4.84. The molecule has 0 spiro atoms. The van der Waals surface area contributed by atoms with E-state index < -0.39 is 45.6 Å². The predicted molar refractivity (Wildman–Crippen MR) is 54.8 cm³/mol. The quantitative estimate of drug-likeness (QED) is 0.320. The summed E-state index contributed by atoms with van der Waals surface area (Å²) in [7, 11) is 0. The maximum atomic E-state index is 13.6. The molecule has 5 heteroatoms. The number of benzene rings is 1. The van der Waals surface area contributed by atoms with Gasteiger partial charge in [0, 0.05) is 11.0 Å². The zero-order valence-electron chi connectivity index (χ0n) is 9.92. The second-order valence-corrected chi connectivity index (χ2v) is 4.84. The van der Waals surface area contributed by atoms with E-state index in [0.29, 0.717) is 0 Å². The summed E-state index contributed by atoms with van der Waals surface area (Å²) in [6.07, 6.45) is 0. The Morgan fingerprint density at radius 1 is 0.882 bits per heavy atom. The van der Waals surface area contributed by atoms with Crippen LogP contribution < -0.4 is 0 Å². The molecule has 0 saturated carbocycles. The Balaban J connectivity index is 3.62. The van der Waals surface area contributed by atoms with E-state index in [-0.39, 0.29) is 0 Å². The average Bonchev–Trinajstić information content (AvgIpc) is 2.22. The van der Waals surface area contributed by atoms with E-state index in [1.165, 1.54) is 20.8 Å². The van der Waals surface area contributed by atoms with Crippen LogP contribution in [0.1, 0.15) is 36.7 Å². The topological polar surface area (TPSA) is 17.1 Å². The second kappa shape index (κ2) is 4.13. The van der Waals surface area contributed by atoms with E-state index in [0.717, 1.165) is 6.92 Å². The molecule has 0 radical (unpaired) electrons. The van der Waals surface area contributed by atoms with Crippen molar-refractivity contribution in [2.45, 2.75) is 27.7 Å². The van der Waals surface area contributed by atoms with Gasteiger partial charge in [-0.05, 0) is 6.92 Å². The van der Waals surface area contributed by atoms with E-state index in [1.54, 1.807) is 0 Å². The van der Waals surface area contributed by atoms with Crippen molar-refractivity contribution in [2.24, 2.45) is 5.41 Å². The van der Waals surface area contributed by atoms with E-state index in [2.05, 4.69) is 0 Å². The first-order valence-corrected chi connectivity index (χ1v) is 4.96. The van der Waals surface area contributed by atoms with Gasteiger partial charge >= 0.3 is 0 Å². The van der Waals surface area contributed by atoms with Crippen LogP contribution in [0.2, 0.25) is 0 Å². The highest BCUT2D eigenvalue weighted by Crippen LogP contribution is 2.29. The van der Waals surface area contributed by atoms with Crippen molar-refractivity contribution >= 4 is 5.78 Å². The molecule has 0 unspecified atom stereocenters. The summed E-state index contributed by atoms with van der Waals surface area (Å²) in [4.78, 5) is 11.8. The van der Waals surface area contributed by atoms with Crippen molar-refractivity contribution in [2.75, 3.05) is 0 Å². The van der Waals surface area contributed by atoms with Crippen LogP contribution in [-0.4, -0.2) is 5.78 Å². The summed E-state index contributed by atoms with van der Waals surface area (Å²) in [5.74, 6) is -7.46. The lowest BCUT2D eigenvalue weighted by molar-refractivity contribution is 0.0847. The van der Waals surface area contributed by atoms with Gasteiger partial charge in [0.05, 0.1) is 5.56 Å². The molecule has 0 atom stereocenters. The van der Waals surface area contributed by atoms with Crippen molar-refractivity contribution in [1.82, 2.24) is 0 Å². The molecule has 1 nitrogen and oxygen atoms in total. The molecule has 1 aromatic rings. The average molecular weight is 248 g/mol. The summed E-state index contributed by atoms with van der Waals surface area (Å²) >= 11 is 0. The van der Waals surface area contributed by atoms with Gasteiger partial charge in [0.2, 0.25) is 0 Å². The predicted octanol–water partition coefficient (Wildman–Crippen LogP) is 3.78. The summed E-state index contributed by atoms with van der Waals surface area (Å²) in [6, 6.07) is 0. The van der Waals surface area contributed by atoms with E-state index in [9.17, 15) is 22.4 Å². The summed E-state index contributed by atoms with van der Waals surface area (Å²) < 4.78 is 53.2. The number of halogens is 4. The molecule has 1 rings (SSSR count). The molecule has 94 valence electrons. The lowest BCUT2D eigenvalue weighted by Gasteiger charge is -2.18. The van der Waals surface area contributed by atoms with Gasteiger partial charge in [0.25, 0.3) is 0 Å². The number of carbonyl (C=O) groups excluding carboxylic acids is 1. The monoisotopic (exact) mass is 248 g/mol. The third-order valence-electron chi connectivity index (χ3n) is 2.39. The first-order chi connectivity index (χ1) is 7.59. The summed E-state index contributed by atoms with van der Waals surface area (Å²) in [5.41, 5.74) is -2.80. The van der Waals surface area contributed by atoms with Crippen LogP contribution in [0.3, 0.4) is 0 Å². The Bertz CT molecular complexity index is 457. The summed E-state index contributed by atoms with van der Waals surface area (Å²) in [6.45, 7) is 5.26. The van der Waals surface area contributed by atoms with E-state index in [4.69, 9.17) is 0 Å². The lowest BCUT2D eigenvalue weighted by Crippen LogP contribution is -2.24. The van der Waals surface area contributed by atoms with Gasteiger partial charge in [-0.3, -0.25) is 4.79 Å². The Kier molecular flexibility index (Phi) is 3.32. The van der Waals surface area contributed by atoms with Gasteiger partial charge in [0.15, 0.2) is 23.2 Å². The van der Waals surface area contributed by atoms with Crippen LogP contribution in [0.25, 0.3) is 0 Å². The molecule has 0 heterocycles. The van der Waals surface area contributed by atoms with Crippen LogP contribution in [0, 0.1) is 35.6 Å². The minimum absolute atomic E-state index is 0.698. The maximum absolute atomic E-state index is 13.6. The van der Waals surface area contributed by atoms with Crippen LogP contribution in [0.5, 0.6) is 0 Å². The van der Waals surface area contributed by atoms with Gasteiger partial charge in [-0.15, -0.1) is 0 Å². The highest BCUT2D eigenvalue weighted by Gasteiger charge is 2.33. The minimum atomic E-state index is -1.82. The van der Waals surface area contributed by atoms with Crippen LogP contribution in [0.4, 0.5) is 17.6 Å². The molecule has 0 aliphatic heterocycles. The zero-order valence-corrected chi connectivity index (χ0v) is 9.92. The first-order valence-electron chi connectivity index (χ1n) is 4.96. The maximum Gasteiger partial charge on any atom is 0.195 e. The zero-order chi connectivity index (χ0) is 13.5. The molecule has 0 aliphatic rings. The molecule has 0 N–H and O–H groups in total. The van der Waals surface area contributed by atoms with Crippen molar-refractivity contribution in [3.8, 4) is 0 Å². The van der Waals surface area contributed by atoms with Crippen LogP contribution in [-0.2, 0) is 0 Å². The van der Waals surface area contributed by atoms with Crippen molar-refractivity contribution < 1.29 is 22.4 Å². The van der Waals surface area contributed by atoms with Crippen molar-refractivity contribution in [1.29, 1.82) is 0 Å². The normalized spacial score (nSPS) is 11.8. The fourth-order valence-corrected chi connectivity index (χ4v) is 1.33. The fourth-order valence-electron chi connectivity index (χ4n) is 1.33. The fraction of sp³-hybridized carbons (Fsp3) is 0.417. The third kappa shape index (κ3) is 2.18. The van der Waals surface area contributed by atoms with E-state index in [1.807, 2.05) is 0 Å². The Hall–Kier alpha value is -1.39. The Morgan fingerprint density at radius 3 is 1.76 bits per heavy atom. The smallest absolute Gasteiger partial charge is 0.195 e. The van der Waals surface area contributed by atoms with Gasteiger partial charge in [0.1, 0.15) is 5.82 Å². The molecule has 1 aromatic carbocycles. The highest BCUT2D eigenvalue weighted by molar-refractivity contribution is 6.00. The Labute approximate surface area is 96.4 Å². The first kappa shape index (κ1) is 13.7. The largest absolute Gasteiger partial charge is 0.293 e. The standard InChI is InChI=1S/C12H12F4O/c1-5-7(13)6(11(17)12(2,3)4)9(15)10(16)8(5)14/h1-4H3. The Morgan fingerprint density at radius 2 is 1.35 bits per heavy atom. The molecular weight excluding hydrogens is 236 g/mol. The molecule has 0 amide bonds. The number of hydrogen-bond donors (Lipinski definition) is 0. The third-order valence-corrected chi connectivity index (χ3v) is 2.39. The molecule has 0 aromatic heterocycles. The van der Waals surface area contributed by atoms with Gasteiger partial charge in [-0.25, -0.2) is 17.6 Å². The number of hydrogen-bond acceptors (Lipinski definition) is 1. The number of ketones is 1. The molecule has 0 aliphatic carbocycles. The lowest BCUT2D eigenvalue weighted by atomic mass is 9.85. The van der Waals surface area contributed by atoms with Crippen molar-refractivity contribution in [3.63, 3.8) is 0 Å². The molecule has 17 heavy (non-hydrogen) atoms. The molecule has 0 bridgehead atoms. The number of Topliss-reactive ketones (excluding diaryl/α,β-unsaturated/α-hetero) is 1. The van der Waals surface area contributed by atoms with Gasteiger partial charge < -0.3 is 0 Å². The molecular formula is C12H12F4O. The highest BCUT2D eigenvalue weighted by atomic mass is 19.2. The van der Waals surface area contributed by atoms with Gasteiger partial charge in [-0.1, -0.05) is 20.8 Å². The number of carbonyl (C=O) groups is 1. The van der Waals surface area contributed by atoms with Gasteiger partial charge in [-0.2, -0.15) is 0 Å². The number of rotatable bonds is 1. The molecule has 0 saturated heterocycles. The van der Waals surface area contributed by atoms with E-state index >= 15 is 0 Å². The summed E-state index contributed by atoms with van der Waals surface area (Å²) in [5, 5.41) is 0. The molecule has 0 fully saturated rings. The minimum Gasteiger partial charge on any atom is -0.293 e. The SMILES string of the molecule is Cc1c(F)c(F)c(F)c(C(=O)C(C)(C)C)c1F. The van der Waals surface area contributed by atoms with Crippen LogP contribution in [0.15, 0.2) is 0 Å². The van der Waals surface area contributed by atoms with Crippen molar-refractivity contribution in [3.05, 3.63) is 34.4 Å². The van der Waals surface area contributed by atoms with Crippen LogP contribution >= 0.6 is 0 Å².